The molecule has 0 aliphatic heterocycles. The maximum Gasteiger partial charge on any atom is 0.703 e. The van der Waals surface area contributed by atoms with Crippen molar-refractivity contribution < 1.29 is 23.1 Å². The molecule has 0 aliphatic carbocycles. The fraction of sp³-hybridized carbons (Fsp3) is 1.00. The highest BCUT2D eigenvalue weighted by atomic mass is 31.1. The zero-order valence-electron chi connectivity index (χ0n) is 16.2. The quantitative estimate of drug-likeness (QED) is 0.161. The molecule has 0 rings (SSSR count). The van der Waals surface area contributed by atoms with E-state index in [4.69, 9.17) is 18.5 Å². The largest absolute Gasteiger partial charge is 0.703 e. The normalized spacial score (nSPS) is 12.6. The van der Waals surface area contributed by atoms with Gasteiger partial charge in [0.1, 0.15) is 6.61 Å². The van der Waals surface area contributed by atoms with E-state index in [1.165, 1.54) is 25.7 Å². The topological polar surface area (TPSA) is 54.0 Å². The second-order valence-electron chi connectivity index (χ2n) is 6.18. The Balaban J connectivity index is 4.03. The Morgan fingerprint density at radius 2 is 1.21 bits per heavy atom. The summed E-state index contributed by atoms with van der Waals surface area (Å²) < 4.78 is 34.0. The van der Waals surface area contributed by atoms with Gasteiger partial charge in [-0.2, -0.15) is 0 Å². The summed E-state index contributed by atoms with van der Waals surface area (Å²) >= 11 is 0. The van der Waals surface area contributed by atoms with Crippen LogP contribution in [0, 0.1) is 0 Å². The lowest BCUT2D eigenvalue weighted by atomic mass is 10.1. The summed E-state index contributed by atoms with van der Waals surface area (Å²) in [6, 6.07) is 0. The van der Waals surface area contributed by atoms with Crippen molar-refractivity contribution in [2.75, 3.05) is 19.8 Å². The van der Waals surface area contributed by atoms with Crippen LogP contribution in [0.25, 0.3) is 0 Å². The first-order chi connectivity index (χ1) is 11.6. The van der Waals surface area contributed by atoms with E-state index in [1.54, 1.807) is 6.92 Å². The van der Waals surface area contributed by atoms with Gasteiger partial charge in [0.05, 0.1) is 13.2 Å². The van der Waals surface area contributed by atoms with Crippen molar-refractivity contribution in [3.63, 3.8) is 0 Å². The molecule has 5 nitrogen and oxygen atoms in total. The summed E-state index contributed by atoms with van der Waals surface area (Å²) in [5.74, 6) is -1.29. The Kier molecular flexibility index (Phi) is 16.4. The standard InChI is InChI=1S/C18H38O5P/c1-5-8-11-12-13-14-17-22-24(19)23-18(4,20-15-9-6-2)21-16-10-7-3/h5-17H2,1-4H3/q+1. The predicted octanol–water partition coefficient (Wildman–Crippen LogP) is 6.34. The molecule has 0 fully saturated rings. The minimum atomic E-state index is -2.24. The lowest BCUT2D eigenvalue weighted by Crippen LogP contribution is -2.34. The van der Waals surface area contributed by atoms with Gasteiger partial charge in [-0.1, -0.05) is 70.2 Å². The van der Waals surface area contributed by atoms with Crippen molar-refractivity contribution in [1.82, 2.24) is 0 Å². The lowest BCUT2D eigenvalue weighted by Gasteiger charge is -2.23. The van der Waals surface area contributed by atoms with E-state index in [-0.39, 0.29) is 0 Å². The van der Waals surface area contributed by atoms with Crippen LogP contribution >= 0.6 is 8.25 Å². The molecule has 144 valence electrons. The molecule has 0 amide bonds. The Morgan fingerprint density at radius 3 is 1.75 bits per heavy atom. The second-order valence-corrected chi connectivity index (χ2v) is 7.07. The third-order valence-corrected chi connectivity index (χ3v) is 4.53. The van der Waals surface area contributed by atoms with Crippen molar-refractivity contribution in [2.45, 2.75) is 97.9 Å². The molecule has 24 heavy (non-hydrogen) atoms. The first kappa shape index (κ1) is 23.9. The zero-order chi connectivity index (χ0) is 18.1. The number of ether oxygens (including phenoxy) is 2. The van der Waals surface area contributed by atoms with E-state index >= 15 is 0 Å². The van der Waals surface area contributed by atoms with Crippen LogP contribution in [0.3, 0.4) is 0 Å². The van der Waals surface area contributed by atoms with Gasteiger partial charge in [0, 0.05) is 11.5 Å². The number of unbranched alkanes of at least 4 members (excludes halogenated alkanes) is 7. The molecule has 0 aromatic carbocycles. The molecule has 0 aromatic rings. The van der Waals surface area contributed by atoms with Crippen LogP contribution in [-0.2, 0) is 23.1 Å². The summed E-state index contributed by atoms with van der Waals surface area (Å²) in [4.78, 5) is 0. The molecule has 0 bridgehead atoms. The van der Waals surface area contributed by atoms with Crippen LogP contribution < -0.4 is 0 Å². The van der Waals surface area contributed by atoms with Gasteiger partial charge in [-0.3, -0.25) is 0 Å². The van der Waals surface area contributed by atoms with E-state index in [0.29, 0.717) is 19.8 Å². The molecule has 0 heterocycles. The van der Waals surface area contributed by atoms with Crippen molar-refractivity contribution in [3.8, 4) is 0 Å². The summed E-state index contributed by atoms with van der Waals surface area (Å²) in [5.41, 5.74) is 0. The van der Waals surface area contributed by atoms with Gasteiger partial charge in [0.25, 0.3) is 0 Å². The first-order valence-corrected chi connectivity index (χ1v) is 10.7. The van der Waals surface area contributed by atoms with Crippen LogP contribution in [0.4, 0.5) is 0 Å². The molecular formula is C18H38O5P+. The SMILES string of the molecule is CCCCCCCCO[P+](=O)OC(C)(OCCCC)OCCCC. The van der Waals surface area contributed by atoms with Gasteiger partial charge in [-0.05, 0) is 19.3 Å². The molecule has 1 atom stereocenters. The summed E-state index contributed by atoms with van der Waals surface area (Å²) in [5, 5.41) is 0. The number of rotatable bonds is 18. The third-order valence-electron chi connectivity index (χ3n) is 3.66. The van der Waals surface area contributed by atoms with E-state index in [1.807, 2.05) is 0 Å². The Labute approximate surface area is 149 Å². The van der Waals surface area contributed by atoms with Gasteiger partial charge >= 0.3 is 14.2 Å². The van der Waals surface area contributed by atoms with Crippen LogP contribution in [-0.4, -0.2) is 25.8 Å². The fourth-order valence-electron chi connectivity index (χ4n) is 2.08. The fourth-order valence-corrected chi connectivity index (χ4v) is 2.79. The van der Waals surface area contributed by atoms with Gasteiger partial charge < -0.3 is 9.47 Å². The van der Waals surface area contributed by atoms with E-state index < -0.39 is 14.2 Å². The highest BCUT2D eigenvalue weighted by Crippen LogP contribution is 2.33. The maximum atomic E-state index is 12.0. The molecule has 6 heteroatoms. The van der Waals surface area contributed by atoms with Crippen molar-refractivity contribution in [3.05, 3.63) is 0 Å². The average Bonchev–Trinajstić information content (AvgIpc) is 2.54. The number of hydrogen-bond donors (Lipinski definition) is 0. The average molecular weight is 365 g/mol. The highest BCUT2D eigenvalue weighted by Gasteiger charge is 2.40. The zero-order valence-corrected chi connectivity index (χ0v) is 17.1. The molecule has 0 N–H and O–H groups in total. The van der Waals surface area contributed by atoms with Crippen LogP contribution in [0.15, 0.2) is 0 Å². The third kappa shape index (κ3) is 14.3. The summed E-state index contributed by atoms with van der Waals surface area (Å²) in [7, 11) is -2.24. The lowest BCUT2D eigenvalue weighted by molar-refractivity contribution is -0.333. The van der Waals surface area contributed by atoms with Crippen LogP contribution in [0.2, 0.25) is 0 Å². The molecule has 0 spiro atoms. The first-order valence-electron chi connectivity index (χ1n) is 9.65. The molecule has 0 aliphatic rings. The molecule has 1 unspecified atom stereocenters. The monoisotopic (exact) mass is 365 g/mol. The summed E-state index contributed by atoms with van der Waals surface area (Å²) in [6.45, 7) is 9.51. The molecular weight excluding hydrogens is 327 g/mol. The van der Waals surface area contributed by atoms with Crippen molar-refractivity contribution >= 4 is 8.25 Å². The molecule has 0 aromatic heterocycles. The van der Waals surface area contributed by atoms with Gasteiger partial charge in [0.15, 0.2) is 0 Å². The Morgan fingerprint density at radius 1 is 0.708 bits per heavy atom. The molecule has 0 saturated carbocycles. The van der Waals surface area contributed by atoms with Crippen LogP contribution in [0.5, 0.6) is 0 Å². The summed E-state index contributed by atoms with van der Waals surface area (Å²) in [6.07, 6.45) is 10.8. The minimum absolute atomic E-state index is 0.446. The van der Waals surface area contributed by atoms with Gasteiger partial charge in [-0.15, -0.1) is 4.52 Å². The smallest absolute Gasteiger partial charge is 0.325 e. The Hall–Kier alpha value is -0.0600. The Bertz CT molecular complexity index is 289. The van der Waals surface area contributed by atoms with E-state index in [9.17, 15) is 4.57 Å². The second kappa shape index (κ2) is 16.4. The van der Waals surface area contributed by atoms with E-state index in [0.717, 1.165) is 38.5 Å². The molecule has 0 radical (unpaired) electrons. The van der Waals surface area contributed by atoms with E-state index in [2.05, 4.69) is 20.8 Å². The molecule has 0 saturated heterocycles. The maximum absolute atomic E-state index is 12.0. The van der Waals surface area contributed by atoms with Crippen LogP contribution in [0.1, 0.15) is 91.9 Å². The highest BCUT2D eigenvalue weighted by molar-refractivity contribution is 7.33. The van der Waals surface area contributed by atoms with Gasteiger partial charge in [-0.25, -0.2) is 0 Å². The van der Waals surface area contributed by atoms with Crippen molar-refractivity contribution in [2.24, 2.45) is 0 Å². The minimum Gasteiger partial charge on any atom is -0.325 e. The van der Waals surface area contributed by atoms with Gasteiger partial charge in [0.2, 0.25) is 0 Å². The predicted molar refractivity (Wildman–Crippen MR) is 98.1 cm³/mol. The van der Waals surface area contributed by atoms with Crippen molar-refractivity contribution in [1.29, 1.82) is 0 Å². The number of hydrogen-bond acceptors (Lipinski definition) is 5.